The Bertz CT molecular complexity index is 1450. The molecule has 6 nitrogen and oxygen atoms in total. The molecule has 0 aromatic heterocycles. The van der Waals surface area contributed by atoms with Gasteiger partial charge in [-0.25, -0.2) is 4.79 Å². The summed E-state index contributed by atoms with van der Waals surface area (Å²) in [5.41, 5.74) is -0.354. The molecule has 2 aliphatic rings. The number of ether oxygens (including phenoxy) is 1. The van der Waals surface area contributed by atoms with Crippen LogP contribution in [0.2, 0.25) is 0 Å². The first-order valence-corrected chi connectivity index (χ1v) is 13.7. The van der Waals surface area contributed by atoms with Crippen LogP contribution in [0.3, 0.4) is 0 Å². The van der Waals surface area contributed by atoms with Gasteiger partial charge in [0.15, 0.2) is 0 Å². The van der Waals surface area contributed by atoms with Crippen LogP contribution >= 0.6 is 0 Å². The molecule has 0 aliphatic carbocycles. The predicted octanol–water partition coefficient (Wildman–Crippen LogP) is 6.64. The van der Waals surface area contributed by atoms with Crippen molar-refractivity contribution >= 4 is 12.0 Å². The number of benzene rings is 3. The summed E-state index contributed by atoms with van der Waals surface area (Å²) in [5, 5.41) is 2.52. The van der Waals surface area contributed by atoms with E-state index in [-0.39, 0.29) is 24.2 Å². The number of carbonyl (C=O) groups excluding carboxylic acids is 2. The van der Waals surface area contributed by atoms with E-state index in [4.69, 9.17) is 4.74 Å². The maximum absolute atomic E-state index is 13.2. The van der Waals surface area contributed by atoms with Crippen LogP contribution in [0, 0.1) is 0 Å². The normalized spacial score (nSPS) is 17.3. The lowest BCUT2D eigenvalue weighted by Crippen LogP contribution is -2.46. The fourth-order valence-electron chi connectivity index (χ4n) is 5.46. The lowest BCUT2D eigenvalue weighted by Gasteiger charge is -2.37. The molecule has 12 heteroatoms. The number of likely N-dealkylation sites (tertiary alicyclic amines) is 1. The highest BCUT2D eigenvalue weighted by Crippen LogP contribution is 2.35. The molecule has 1 spiro atoms. The molecule has 3 aromatic rings. The molecule has 1 N–H and O–H groups in total. The smallest absolute Gasteiger partial charge is 0.416 e. The summed E-state index contributed by atoms with van der Waals surface area (Å²) in [6.07, 6.45) is -8.16. The average Bonchev–Trinajstić information content (AvgIpc) is 3.26. The number of amides is 2. The molecule has 0 unspecified atom stereocenters. The molecular weight excluding hydrogens is 576 g/mol. The molecule has 5 rings (SSSR count). The largest absolute Gasteiger partial charge is 0.441 e. The summed E-state index contributed by atoms with van der Waals surface area (Å²) in [4.78, 5) is 29.0. The minimum absolute atomic E-state index is 0.0353. The molecule has 0 radical (unpaired) electrons. The molecule has 0 saturated carbocycles. The lowest BCUT2D eigenvalue weighted by molar-refractivity contribution is -0.138. The molecule has 2 aliphatic heterocycles. The van der Waals surface area contributed by atoms with Gasteiger partial charge in [-0.3, -0.25) is 14.6 Å². The van der Waals surface area contributed by atoms with E-state index in [0.717, 1.165) is 29.3 Å². The second kappa shape index (κ2) is 11.9. The Balaban J connectivity index is 1.11. The van der Waals surface area contributed by atoms with Crippen molar-refractivity contribution in [3.63, 3.8) is 0 Å². The van der Waals surface area contributed by atoms with Gasteiger partial charge < -0.3 is 10.1 Å². The highest BCUT2D eigenvalue weighted by Gasteiger charge is 2.46. The summed E-state index contributed by atoms with van der Waals surface area (Å²) in [5.74, 6) is -0.522. The zero-order valence-electron chi connectivity index (χ0n) is 23.0. The molecular formula is C31H29F6N3O3. The topological polar surface area (TPSA) is 61.9 Å². The van der Waals surface area contributed by atoms with Crippen molar-refractivity contribution in [1.29, 1.82) is 0 Å². The van der Waals surface area contributed by atoms with Gasteiger partial charge >= 0.3 is 18.4 Å². The zero-order valence-corrected chi connectivity index (χ0v) is 23.0. The van der Waals surface area contributed by atoms with Crippen LogP contribution in [0.1, 0.15) is 51.0 Å². The van der Waals surface area contributed by atoms with Crippen LogP contribution < -0.4 is 5.32 Å². The van der Waals surface area contributed by atoms with Gasteiger partial charge in [0.25, 0.3) is 5.91 Å². The quantitative estimate of drug-likeness (QED) is 0.307. The standard InChI is InChI=1S/C31H29F6N3O3/c32-30(33,34)25-11-7-21(8-12-25)18-39-15-13-29(14-16-39)20-40(28(42)43-29)19-22-5-9-23(10-6-22)27(41)38-17-24-3-1-2-4-26(24)31(35,36)37/h1-12H,13-20H2,(H,38,41). The van der Waals surface area contributed by atoms with Crippen molar-refractivity contribution in [2.75, 3.05) is 19.6 Å². The number of halogens is 6. The van der Waals surface area contributed by atoms with Crippen LogP contribution in [-0.4, -0.2) is 47.0 Å². The monoisotopic (exact) mass is 605 g/mol. The molecule has 0 bridgehead atoms. The van der Waals surface area contributed by atoms with Crippen molar-refractivity contribution in [2.24, 2.45) is 0 Å². The van der Waals surface area contributed by atoms with E-state index in [0.29, 0.717) is 39.0 Å². The summed E-state index contributed by atoms with van der Waals surface area (Å²) in [6, 6.07) is 16.6. The van der Waals surface area contributed by atoms with E-state index < -0.39 is 41.1 Å². The van der Waals surface area contributed by atoms with Crippen molar-refractivity contribution in [3.8, 4) is 0 Å². The van der Waals surface area contributed by atoms with Crippen LogP contribution in [-0.2, 0) is 36.7 Å². The van der Waals surface area contributed by atoms with Crippen molar-refractivity contribution in [1.82, 2.24) is 15.1 Å². The number of nitrogens with one attached hydrogen (secondary N) is 1. The van der Waals surface area contributed by atoms with E-state index in [1.54, 1.807) is 29.2 Å². The van der Waals surface area contributed by atoms with Crippen LogP contribution in [0.25, 0.3) is 0 Å². The van der Waals surface area contributed by atoms with Crippen LogP contribution in [0.15, 0.2) is 72.8 Å². The zero-order chi connectivity index (χ0) is 30.8. The molecule has 2 amide bonds. The van der Waals surface area contributed by atoms with Gasteiger partial charge in [-0.1, -0.05) is 42.5 Å². The van der Waals surface area contributed by atoms with Gasteiger partial charge in [0.2, 0.25) is 0 Å². The molecule has 2 fully saturated rings. The maximum Gasteiger partial charge on any atom is 0.416 e. The predicted molar refractivity (Wildman–Crippen MR) is 145 cm³/mol. The van der Waals surface area contributed by atoms with E-state index in [2.05, 4.69) is 10.2 Å². The number of nitrogens with zero attached hydrogens (tertiary/aromatic N) is 2. The van der Waals surface area contributed by atoms with E-state index in [1.165, 1.54) is 30.3 Å². The van der Waals surface area contributed by atoms with Crippen molar-refractivity contribution < 1.29 is 40.7 Å². The second-order valence-corrected chi connectivity index (χ2v) is 10.9. The number of hydrogen-bond donors (Lipinski definition) is 1. The van der Waals surface area contributed by atoms with Gasteiger partial charge in [0.05, 0.1) is 17.7 Å². The molecule has 0 atom stereocenters. The van der Waals surface area contributed by atoms with Crippen LogP contribution in [0.5, 0.6) is 0 Å². The number of piperidine rings is 1. The third-order valence-electron chi connectivity index (χ3n) is 7.85. The third-order valence-corrected chi connectivity index (χ3v) is 7.85. The number of carbonyl (C=O) groups is 2. The summed E-state index contributed by atoms with van der Waals surface area (Å²) >= 11 is 0. The Labute approximate surface area is 244 Å². The minimum Gasteiger partial charge on any atom is -0.441 e. The van der Waals surface area contributed by atoms with Gasteiger partial charge in [-0.2, -0.15) is 26.3 Å². The number of rotatable bonds is 7. The molecule has 2 heterocycles. The summed E-state index contributed by atoms with van der Waals surface area (Å²) < 4.78 is 83.9. The van der Waals surface area contributed by atoms with E-state index >= 15 is 0 Å². The Morgan fingerprint density at radius 1 is 0.814 bits per heavy atom. The highest BCUT2D eigenvalue weighted by molar-refractivity contribution is 5.94. The van der Waals surface area contributed by atoms with Gasteiger partial charge in [-0.05, 0) is 47.0 Å². The van der Waals surface area contributed by atoms with Gasteiger partial charge in [0.1, 0.15) is 5.60 Å². The first kappa shape index (κ1) is 30.4. The Hall–Kier alpha value is -4.06. The van der Waals surface area contributed by atoms with E-state index in [1.807, 2.05) is 0 Å². The molecule has 3 aromatic carbocycles. The average molecular weight is 606 g/mol. The van der Waals surface area contributed by atoms with Gasteiger partial charge in [-0.15, -0.1) is 0 Å². The SMILES string of the molecule is O=C(NCc1ccccc1C(F)(F)F)c1ccc(CN2CC3(CCN(Cc4ccc(C(F)(F)F)cc4)CC3)OC2=O)cc1. The number of alkyl halides is 6. The fourth-order valence-corrected chi connectivity index (χ4v) is 5.46. The highest BCUT2D eigenvalue weighted by atomic mass is 19.4. The summed E-state index contributed by atoms with van der Waals surface area (Å²) in [7, 11) is 0. The first-order chi connectivity index (χ1) is 20.3. The summed E-state index contributed by atoms with van der Waals surface area (Å²) in [6.45, 7) is 2.12. The minimum atomic E-state index is -4.52. The van der Waals surface area contributed by atoms with Gasteiger partial charge in [0, 0.05) is 51.1 Å². The lowest BCUT2D eigenvalue weighted by atomic mass is 9.91. The van der Waals surface area contributed by atoms with Crippen LogP contribution in [0.4, 0.5) is 31.1 Å². The number of hydrogen-bond acceptors (Lipinski definition) is 4. The third kappa shape index (κ3) is 7.30. The van der Waals surface area contributed by atoms with Crippen molar-refractivity contribution in [2.45, 2.75) is 50.4 Å². The Morgan fingerprint density at radius 3 is 2.05 bits per heavy atom. The molecule has 43 heavy (non-hydrogen) atoms. The Kier molecular flexibility index (Phi) is 8.42. The fraction of sp³-hybridized carbons (Fsp3) is 0.355. The Morgan fingerprint density at radius 2 is 1.42 bits per heavy atom. The van der Waals surface area contributed by atoms with Crippen molar-refractivity contribution in [3.05, 3.63) is 106 Å². The maximum atomic E-state index is 13.2. The van der Waals surface area contributed by atoms with E-state index in [9.17, 15) is 35.9 Å². The second-order valence-electron chi connectivity index (χ2n) is 10.9. The molecule has 228 valence electrons. The first-order valence-electron chi connectivity index (χ1n) is 13.7. The molecule has 2 saturated heterocycles.